The molecule has 36 atom stereocenters. The van der Waals surface area contributed by atoms with Gasteiger partial charge in [-0.2, -0.15) is 0 Å². The Hall–Kier alpha value is -3.48. The van der Waals surface area contributed by atoms with Crippen molar-refractivity contribution >= 4 is 23.6 Å². The molecule has 21 aliphatic heterocycles. The number of aliphatic hydroxyl groups excluding tert-OH is 20. The van der Waals surface area contributed by atoms with Crippen LogP contribution in [0.1, 0.15) is 168 Å². The highest BCUT2D eigenvalue weighted by molar-refractivity contribution is 5.96. The molecule has 14 bridgehead atoms. The Kier molecular flexibility index (Phi) is 41.2. The van der Waals surface area contributed by atoms with Crippen LogP contribution in [-0.2, 0) is 85.5 Å². The second kappa shape index (κ2) is 48.7. The third-order valence-corrected chi connectivity index (χ3v) is 22.8. The number of carbonyl (C=O) groups is 4. The van der Waals surface area contributed by atoms with Gasteiger partial charge >= 0.3 is 0 Å². The lowest BCUT2D eigenvalue weighted by molar-refractivity contribution is -0.396. The minimum absolute atomic E-state index is 0.253. The highest BCUT2D eigenvalue weighted by Crippen LogP contribution is 2.40. The Bertz CT molecular complexity index is 2880. The summed E-state index contributed by atoms with van der Waals surface area (Å²) in [5.74, 6) is -2.90. The average Bonchev–Trinajstić information content (AvgIpc) is 0.824. The van der Waals surface area contributed by atoms with E-state index in [4.69, 9.17) is 66.3 Å². The van der Waals surface area contributed by atoms with Gasteiger partial charge < -0.3 is 190 Å². The zero-order chi connectivity index (χ0) is 85.4. The van der Waals surface area contributed by atoms with E-state index in [1.54, 1.807) is 0 Å². The Labute approximate surface area is 678 Å². The summed E-state index contributed by atoms with van der Waals surface area (Å²) in [4.78, 5) is 55.6. The van der Waals surface area contributed by atoms with Crippen LogP contribution < -0.4 is 21.3 Å². The first-order chi connectivity index (χ1) is 56.0. The van der Waals surface area contributed by atoms with E-state index in [0.29, 0.717) is 19.4 Å². The lowest BCUT2D eigenvalue weighted by Crippen LogP contribution is -2.68. The predicted octanol–water partition coefficient (Wildman–Crippen LogP) is -7.99. The molecule has 0 aliphatic carbocycles. The smallest absolute Gasteiger partial charge is 0.246 e. The van der Waals surface area contributed by atoms with E-state index in [1.807, 2.05) is 0 Å². The number of amides is 4. The van der Waals surface area contributed by atoms with Gasteiger partial charge in [0.25, 0.3) is 0 Å². The fourth-order valence-corrected chi connectivity index (χ4v) is 15.7. The van der Waals surface area contributed by atoms with Crippen LogP contribution in [0.4, 0.5) is 0 Å². The van der Waals surface area contributed by atoms with Gasteiger partial charge in [-0.3, -0.25) is 19.2 Å². The van der Waals surface area contributed by atoms with Gasteiger partial charge in [0.2, 0.25) is 23.6 Å². The summed E-state index contributed by atoms with van der Waals surface area (Å²) < 4.78 is 81.8. The summed E-state index contributed by atoms with van der Waals surface area (Å²) in [6, 6.07) is 0. The van der Waals surface area contributed by atoms with Crippen LogP contribution in [0.2, 0.25) is 0 Å². The fraction of sp³-hybridized carbons (Fsp3) is 0.947. The van der Waals surface area contributed by atoms with Crippen molar-refractivity contribution in [2.45, 2.75) is 389 Å². The molecule has 0 aromatic carbocycles. The van der Waals surface area contributed by atoms with E-state index >= 15 is 0 Å². The summed E-state index contributed by atoms with van der Waals surface area (Å²) >= 11 is 0. The van der Waals surface area contributed by atoms with Crippen LogP contribution in [0.3, 0.4) is 0 Å². The second-order valence-corrected chi connectivity index (χ2v) is 31.8. The van der Waals surface area contributed by atoms with Crippen LogP contribution >= 0.6 is 0 Å². The number of hydrogen-bond acceptors (Lipinski definition) is 38. The van der Waals surface area contributed by atoms with E-state index in [9.17, 15) is 121 Å². The van der Waals surface area contributed by atoms with Crippen molar-refractivity contribution in [2.24, 2.45) is 0 Å². The molecule has 4 amide bonds. The number of unbranched alkanes of at least 4 members (excludes halogenated alkanes) is 18. The second-order valence-electron chi connectivity index (χ2n) is 31.8. The highest BCUT2D eigenvalue weighted by Gasteiger charge is 2.60. The van der Waals surface area contributed by atoms with Crippen LogP contribution in [-0.4, -0.2) is 406 Å². The molecule has 21 aliphatic rings. The summed E-state index contributed by atoms with van der Waals surface area (Å²) in [6.45, 7) is -1.10. The summed E-state index contributed by atoms with van der Waals surface area (Å²) in [5.41, 5.74) is -1.81. The maximum atomic E-state index is 14.1. The van der Waals surface area contributed by atoms with Crippen molar-refractivity contribution in [3.05, 3.63) is 0 Å². The number of nitrogens with one attached hydrogen (secondary N) is 4. The SMILES string of the molecule is CCCCCCCCCCCCNC(=O)C[C@@](C)(NC(=O)CCC(=O)NC[C@H]1O[C@@H]2O[C@H]3[C@H](O)[C@@H](O)[C@@H](O[C@H]4[C@H](O)[C@@H](O)[C@@H](O[C@H]5[C@H](O)[C@@H](O)[C@@H](O[C@H]6[C@H](O)[C@@H](O)[C@@H](O[C@H]7[C@H](O)[C@@H](O)[C@@H](O[C@H]8[C@H](O)[C@@H](O)[C@@H](O[C@H]1[C@H](O)[C@H]2O)O[C@@H]8CO)O[C@@H]7CO)O[C@@H]6CO)O[C@@H]5CO)O[C@@H]4CO)O[C@@H]3CO)C(=O)NCCCCCCCCCCCC. The third-order valence-electron chi connectivity index (χ3n) is 22.8. The standard InChI is InChI=1S/C75H132N4O38/c1-4-6-8-10-12-14-16-18-20-22-26-76-45(88)28-75(3,74(103)77-27-23-21-19-17-15-13-11-9-7-5-2)79-44(87)25-24-43(86)78-29-36-60-46(89)53(96)67(104-36)112-61-37(30-80)106-69(55(98)48(61)91)114-63-39(32-82)108-71(57(100)50(63)93)116-65-41(34-84)110-73(59(102)52(65)95)117-66-42(35-85)109-72(58(101)51(66)94)115-64-40(33-83)107-70(56(99)49(64)92)113-62-38(31-81)105-68(111-60)54(97)47(62)90/h36-42,46-73,80-85,89-102H,4-35H2,1-3H3,(H,76,88)(H,77,103)(H,78,86)(H,79,87)/t36-,37-,38-,39-,40-,41-,42-,46-,47-,48-,49-,50-,51-,52-,53-,54-,55-,56-,57-,58-,59-,60-,61-,62-,63-,64-,65-,66-,67-,68-,69-,70-,71-,72-,73-,75-/m1/s1. The molecule has 0 radical (unpaired) electrons. The topological polar surface area (TPSA) is 650 Å². The Morgan fingerprint density at radius 2 is 0.487 bits per heavy atom. The zero-order valence-electron chi connectivity index (χ0n) is 66.6. The molecule has 21 fully saturated rings. The minimum atomic E-state index is -2.35. The first-order valence-corrected chi connectivity index (χ1v) is 41.5. The number of aliphatic hydroxyl groups is 20. The average molecular weight is 1700 g/mol. The monoisotopic (exact) mass is 1700 g/mol. The van der Waals surface area contributed by atoms with Crippen molar-refractivity contribution in [2.75, 3.05) is 59.3 Å². The molecule has 0 aromatic heterocycles. The normalized spacial score (nSPS) is 40.8. The van der Waals surface area contributed by atoms with E-state index in [1.165, 1.54) is 58.3 Å². The van der Waals surface area contributed by atoms with E-state index in [-0.39, 0.29) is 6.54 Å². The first-order valence-electron chi connectivity index (χ1n) is 41.5. The molecule has 117 heavy (non-hydrogen) atoms. The van der Waals surface area contributed by atoms with E-state index in [2.05, 4.69) is 35.1 Å². The van der Waals surface area contributed by atoms with Gasteiger partial charge in [0.15, 0.2) is 44.0 Å². The Balaban J connectivity index is 1.01. The number of rotatable bonds is 37. The zero-order valence-corrected chi connectivity index (χ0v) is 66.6. The van der Waals surface area contributed by atoms with Crippen LogP contribution in [0.5, 0.6) is 0 Å². The van der Waals surface area contributed by atoms with Crippen molar-refractivity contribution in [3.63, 3.8) is 0 Å². The summed E-state index contributed by atoms with van der Waals surface area (Å²) in [7, 11) is 0. The largest absolute Gasteiger partial charge is 0.394 e. The molecule has 24 N–H and O–H groups in total. The van der Waals surface area contributed by atoms with Gasteiger partial charge in [-0.05, 0) is 19.8 Å². The number of ether oxygens (including phenoxy) is 14. The van der Waals surface area contributed by atoms with Crippen LogP contribution in [0.15, 0.2) is 0 Å². The van der Waals surface area contributed by atoms with Gasteiger partial charge in [0.05, 0.1) is 46.1 Å². The molecular weight excluding hydrogens is 1560 g/mol. The molecule has 0 unspecified atom stereocenters. The molecule has 42 heteroatoms. The van der Waals surface area contributed by atoms with Crippen molar-refractivity contribution in [1.82, 2.24) is 21.3 Å². The quantitative estimate of drug-likeness (QED) is 0.0257. The molecule has 21 heterocycles. The maximum Gasteiger partial charge on any atom is 0.246 e. The molecular formula is C75H132N4O38. The molecule has 21 rings (SSSR count). The molecule has 680 valence electrons. The summed E-state index contributed by atoms with van der Waals surface area (Å²) in [6.07, 6.45) is -53.8. The molecule has 0 spiro atoms. The number of carbonyl (C=O) groups excluding carboxylic acids is 4. The molecule has 0 aromatic rings. The fourth-order valence-electron chi connectivity index (χ4n) is 15.7. The number of hydrogen-bond donors (Lipinski definition) is 24. The van der Waals surface area contributed by atoms with Gasteiger partial charge in [-0.25, -0.2) is 0 Å². The van der Waals surface area contributed by atoms with Crippen molar-refractivity contribution in [1.29, 1.82) is 0 Å². The summed E-state index contributed by atoms with van der Waals surface area (Å²) in [5, 5.41) is 238. The highest BCUT2D eigenvalue weighted by atomic mass is 16.8. The van der Waals surface area contributed by atoms with Gasteiger partial charge in [0.1, 0.15) is 176 Å². The van der Waals surface area contributed by atoms with Crippen molar-refractivity contribution in [3.8, 4) is 0 Å². The lowest BCUT2D eigenvalue weighted by atomic mass is 9.95. The minimum Gasteiger partial charge on any atom is -0.394 e. The molecule has 0 saturated carbocycles. The van der Waals surface area contributed by atoms with E-state index < -0.39 is 310 Å². The van der Waals surface area contributed by atoms with E-state index in [0.717, 1.165) is 64.2 Å². The lowest BCUT2D eigenvalue weighted by Gasteiger charge is -2.50. The first kappa shape index (κ1) is 98.9. The van der Waals surface area contributed by atoms with Gasteiger partial charge in [-0.15, -0.1) is 0 Å². The molecule has 21 saturated heterocycles. The van der Waals surface area contributed by atoms with Gasteiger partial charge in [0, 0.05) is 32.5 Å². The predicted molar refractivity (Wildman–Crippen MR) is 394 cm³/mol. The van der Waals surface area contributed by atoms with Crippen LogP contribution in [0.25, 0.3) is 0 Å². The Morgan fingerprint density at radius 3 is 0.744 bits per heavy atom. The maximum absolute atomic E-state index is 14.1. The van der Waals surface area contributed by atoms with Gasteiger partial charge in [-0.1, -0.05) is 129 Å². The third kappa shape index (κ3) is 26.3. The molecule has 42 nitrogen and oxygen atoms in total. The van der Waals surface area contributed by atoms with Crippen LogP contribution in [0, 0.1) is 0 Å². The Morgan fingerprint density at radius 1 is 0.265 bits per heavy atom. The van der Waals surface area contributed by atoms with Crippen molar-refractivity contribution < 1.29 is 188 Å².